The summed E-state index contributed by atoms with van der Waals surface area (Å²) in [6, 6.07) is 3.49. The Morgan fingerprint density at radius 3 is 2.48 bits per heavy atom. The van der Waals surface area contributed by atoms with Crippen molar-refractivity contribution in [2.24, 2.45) is 0 Å². The van der Waals surface area contributed by atoms with E-state index in [1.165, 1.54) is 24.5 Å². The Morgan fingerprint density at radius 2 is 1.96 bits per heavy atom. The molecule has 0 saturated heterocycles. The first-order valence-corrected chi connectivity index (χ1v) is 7.05. The summed E-state index contributed by atoms with van der Waals surface area (Å²) in [6.07, 6.45) is -2.72. The molecule has 134 valence electrons. The molecule has 8 nitrogen and oxygen atoms in total. The third kappa shape index (κ3) is 5.55. The van der Waals surface area contributed by atoms with E-state index in [1.807, 2.05) is 0 Å². The molecule has 0 radical (unpaired) electrons. The predicted molar refractivity (Wildman–Crippen MR) is 77.6 cm³/mol. The van der Waals surface area contributed by atoms with Gasteiger partial charge >= 0.3 is 12.3 Å². The molecule has 1 amide bonds. The predicted octanol–water partition coefficient (Wildman–Crippen LogP) is 2.45. The molecule has 25 heavy (non-hydrogen) atoms. The number of rotatable bonds is 6. The number of ether oxygens (including phenoxy) is 1. The topological polar surface area (TPSA) is 101 Å². The summed E-state index contributed by atoms with van der Waals surface area (Å²) in [5, 5.41) is 16.6. The Balaban J connectivity index is 2.06. The largest absolute Gasteiger partial charge is 0.467 e. The second-order valence-corrected chi connectivity index (χ2v) is 4.96. The van der Waals surface area contributed by atoms with Crippen LogP contribution >= 0.6 is 0 Å². The molecule has 1 N–H and O–H groups in total. The molecule has 0 aromatic carbocycles. The maximum absolute atomic E-state index is 12.1. The Labute approximate surface area is 140 Å². The lowest BCUT2D eigenvalue weighted by molar-refractivity contribution is -0.154. The van der Waals surface area contributed by atoms with Crippen LogP contribution in [0, 0.1) is 0 Å². The molecule has 2 aromatic rings. The SMILES string of the molecule is CC(c1ncccn1)N(Cc1ccc(OCC(F)(F)F)nn1)C(=O)O. The van der Waals surface area contributed by atoms with Crippen LogP contribution in [0.25, 0.3) is 0 Å². The highest BCUT2D eigenvalue weighted by Gasteiger charge is 2.29. The van der Waals surface area contributed by atoms with E-state index in [1.54, 1.807) is 13.0 Å². The molecule has 0 bridgehead atoms. The van der Waals surface area contributed by atoms with Crippen molar-refractivity contribution in [1.82, 2.24) is 25.1 Å². The van der Waals surface area contributed by atoms with Gasteiger partial charge in [-0.15, -0.1) is 5.10 Å². The molecule has 0 fully saturated rings. The number of carboxylic acid groups (broad SMARTS) is 1. The van der Waals surface area contributed by atoms with Crippen LogP contribution in [-0.4, -0.2) is 49.0 Å². The van der Waals surface area contributed by atoms with E-state index in [4.69, 9.17) is 0 Å². The zero-order valence-electron chi connectivity index (χ0n) is 13.0. The quantitative estimate of drug-likeness (QED) is 0.847. The van der Waals surface area contributed by atoms with Crippen LogP contribution in [0.15, 0.2) is 30.6 Å². The minimum absolute atomic E-state index is 0.138. The van der Waals surface area contributed by atoms with Gasteiger partial charge in [-0.3, -0.25) is 4.90 Å². The van der Waals surface area contributed by atoms with Gasteiger partial charge in [0.15, 0.2) is 12.4 Å². The lowest BCUT2D eigenvalue weighted by atomic mass is 10.2. The number of hydrogen-bond acceptors (Lipinski definition) is 6. The molecular formula is C14H14F3N5O3. The van der Waals surface area contributed by atoms with Crippen molar-refractivity contribution in [1.29, 1.82) is 0 Å². The van der Waals surface area contributed by atoms with Gasteiger partial charge in [0.05, 0.1) is 18.3 Å². The average molecular weight is 357 g/mol. The number of alkyl halides is 3. The number of amides is 1. The number of halogens is 3. The highest BCUT2D eigenvalue weighted by Crippen LogP contribution is 2.20. The standard InChI is InChI=1S/C14H14F3N5O3/c1-9(12-18-5-2-6-19-12)22(13(23)24)7-10-3-4-11(21-20-10)25-8-14(15,16)17/h2-6,9H,7-8H2,1H3,(H,23,24). The van der Waals surface area contributed by atoms with E-state index in [2.05, 4.69) is 24.9 Å². The van der Waals surface area contributed by atoms with Crippen LogP contribution in [0.4, 0.5) is 18.0 Å². The molecule has 1 unspecified atom stereocenters. The molecule has 11 heteroatoms. The third-order valence-corrected chi connectivity index (χ3v) is 3.08. The molecule has 0 saturated carbocycles. The van der Waals surface area contributed by atoms with Gasteiger partial charge < -0.3 is 9.84 Å². The number of nitrogens with zero attached hydrogens (tertiary/aromatic N) is 5. The van der Waals surface area contributed by atoms with Crippen molar-refractivity contribution < 1.29 is 27.8 Å². The maximum atomic E-state index is 12.1. The van der Waals surface area contributed by atoms with Crippen LogP contribution < -0.4 is 4.74 Å². The van der Waals surface area contributed by atoms with Crippen LogP contribution in [-0.2, 0) is 6.54 Å². The average Bonchev–Trinajstić information content (AvgIpc) is 2.58. The monoisotopic (exact) mass is 357 g/mol. The molecular weight excluding hydrogens is 343 g/mol. The Bertz CT molecular complexity index is 697. The summed E-state index contributed by atoms with van der Waals surface area (Å²) in [6.45, 7) is -0.0103. The van der Waals surface area contributed by atoms with E-state index in [0.717, 1.165) is 4.90 Å². The molecule has 2 heterocycles. The van der Waals surface area contributed by atoms with Gasteiger partial charge in [-0.25, -0.2) is 14.8 Å². The Morgan fingerprint density at radius 1 is 1.28 bits per heavy atom. The second kappa shape index (κ2) is 7.73. The fourth-order valence-corrected chi connectivity index (χ4v) is 1.88. The van der Waals surface area contributed by atoms with Gasteiger partial charge in [0.2, 0.25) is 5.88 Å². The normalized spacial score (nSPS) is 12.5. The molecule has 0 aliphatic rings. The molecule has 1 atom stereocenters. The van der Waals surface area contributed by atoms with Crippen LogP contribution in [0.3, 0.4) is 0 Å². The number of hydrogen-bond donors (Lipinski definition) is 1. The van der Waals surface area contributed by atoms with Gasteiger partial charge in [0.25, 0.3) is 0 Å². The molecule has 0 aliphatic carbocycles. The first-order valence-electron chi connectivity index (χ1n) is 7.05. The number of carbonyl (C=O) groups is 1. The van der Waals surface area contributed by atoms with Gasteiger partial charge in [-0.05, 0) is 19.1 Å². The Kier molecular flexibility index (Phi) is 5.67. The van der Waals surface area contributed by atoms with E-state index < -0.39 is 24.9 Å². The van der Waals surface area contributed by atoms with Crippen LogP contribution in [0.5, 0.6) is 5.88 Å². The van der Waals surface area contributed by atoms with Gasteiger partial charge in [-0.1, -0.05) is 0 Å². The van der Waals surface area contributed by atoms with Gasteiger partial charge in [0, 0.05) is 18.5 Å². The minimum Gasteiger partial charge on any atom is -0.467 e. The molecule has 2 aromatic heterocycles. The smallest absolute Gasteiger partial charge is 0.422 e. The summed E-state index contributed by atoms with van der Waals surface area (Å²) in [7, 11) is 0. The fourth-order valence-electron chi connectivity index (χ4n) is 1.88. The lowest BCUT2D eigenvalue weighted by Gasteiger charge is -2.24. The van der Waals surface area contributed by atoms with Crippen molar-refractivity contribution in [3.05, 3.63) is 42.1 Å². The second-order valence-electron chi connectivity index (χ2n) is 4.96. The Hall–Kier alpha value is -2.98. The number of aromatic nitrogens is 4. The highest BCUT2D eigenvalue weighted by atomic mass is 19.4. The van der Waals surface area contributed by atoms with Crippen molar-refractivity contribution in [3.8, 4) is 5.88 Å². The summed E-state index contributed by atoms with van der Waals surface area (Å²) < 4.78 is 40.7. The summed E-state index contributed by atoms with van der Waals surface area (Å²) in [4.78, 5) is 20.5. The van der Waals surface area contributed by atoms with E-state index in [-0.39, 0.29) is 18.1 Å². The summed E-state index contributed by atoms with van der Waals surface area (Å²) in [5.74, 6) is 0.00498. The van der Waals surface area contributed by atoms with Crippen molar-refractivity contribution in [2.75, 3.05) is 6.61 Å². The van der Waals surface area contributed by atoms with Crippen LogP contribution in [0.1, 0.15) is 24.5 Å². The molecule has 0 spiro atoms. The van der Waals surface area contributed by atoms with Crippen LogP contribution in [0.2, 0.25) is 0 Å². The van der Waals surface area contributed by atoms with Gasteiger partial charge in [0.1, 0.15) is 0 Å². The van der Waals surface area contributed by atoms with Crippen molar-refractivity contribution in [2.45, 2.75) is 25.7 Å². The van der Waals surface area contributed by atoms with E-state index in [9.17, 15) is 23.1 Å². The first-order chi connectivity index (χ1) is 11.8. The summed E-state index contributed by atoms with van der Waals surface area (Å²) >= 11 is 0. The first kappa shape index (κ1) is 18.4. The van der Waals surface area contributed by atoms with Crippen molar-refractivity contribution >= 4 is 6.09 Å². The lowest BCUT2D eigenvalue weighted by Crippen LogP contribution is -2.33. The van der Waals surface area contributed by atoms with Gasteiger partial charge in [-0.2, -0.15) is 18.3 Å². The zero-order chi connectivity index (χ0) is 18.4. The summed E-state index contributed by atoms with van der Waals surface area (Å²) in [5.41, 5.74) is 0.240. The maximum Gasteiger partial charge on any atom is 0.422 e. The van der Waals surface area contributed by atoms with E-state index >= 15 is 0 Å². The van der Waals surface area contributed by atoms with E-state index in [0.29, 0.717) is 5.82 Å². The molecule has 0 aliphatic heterocycles. The fraction of sp³-hybridized carbons (Fsp3) is 0.357. The van der Waals surface area contributed by atoms with Crippen molar-refractivity contribution in [3.63, 3.8) is 0 Å². The zero-order valence-corrected chi connectivity index (χ0v) is 13.0. The minimum atomic E-state index is -4.48. The third-order valence-electron chi connectivity index (χ3n) is 3.08. The molecule has 2 rings (SSSR count). The highest BCUT2D eigenvalue weighted by molar-refractivity contribution is 5.65.